The van der Waals surface area contributed by atoms with Crippen LogP contribution in [0.25, 0.3) is 16.6 Å². The van der Waals surface area contributed by atoms with E-state index in [0.717, 1.165) is 37.9 Å². The summed E-state index contributed by atoms with van der Waals surface area (Å²) in [7, 11) is 0. The van der Waals surface area contributed by atoms with Crippen LogP contribution in [0.4, 0.5) is 0 Å². The van der Waals surface area contributed by atoms with E-state index in [1.807, 2.05) is 25.1 Å². The van der Waals surface area contributed by atoms with Gasteiger partial charge in [-0.25, -0.2) is 4.98 Å². The number of carbonyl (C=O) groups is 1. The minimum absolute atomic E-state index is 0.111. The van der Waals surface area contributed by atoms with Crippen LogP contribution in [-0.2, 0) is 0 Å². The molecule has 1 aliphatic carbocycles. The van der Waals surface area contributed by atoms with Gasteiger partial charge in [0.1, 0.15) is 17.7 Å². The first kappa shape index (κ1) is 21.6. The van der Waals surface area contributed by atoms with Gasteiger partial charge in [0.05, 0.1) is 16.6 Å². The molecule has 1 amide bonds. The van der Waals surface area contributed by atoms with Gasteiger partial charge in [0.15, 0.2) is 0 Å². The minimum Gasteiger partial charge on any atom is -0.486 e. The Balaban J connectivity index is 1.53. The number of aromatic nitrogens is 2. The lowest BCUT2D eigenvalue weighted by Crippen LogP contribution is -2.43. The van der Waals surface area contributed by atoms with Gasteiger partial charge in [-0.2, -0.15) is 0 Å². The molecule has 1 atom stereocenters. The Morgan fingerprint density at radius 2 is 2.06 bits per heavy atom. The maximum Gasteiger partial charge on any atom is 0.265 e. The number of carbonyl (C=O) groups excluding carboxylic acids is 1. The van der Waals surface area contributed by atoms with Crippen LogP contribution < -0.4 is 20.9 Å². The summed E-state index contributed by atoms with van der Waals surface area (Å²) in [6, 6.07) is 11.2. The quantitative estimate of drug-likeness (QED) is 0.607. The van der Waals surface area contributed by atoms with Gasteiger partial charge < -0.3 is 15.4 Å². The zero-order valence-electron chi connectivity index (χ0n) is 19.4. The lowest BCUT2D eigenvalue weighted by atomic mass is 9.89. The van der Waals surface area contributed by atoms with E-state index in [1.165, 1.54) is 10.9 Å². The smallest absolute Gasteiger partial charge is 0.265 e. The van der Waals surface area contributed by atoms with Gasteiger partial charge in [0, 0.05) is 24.6 Å². The number of aryl methyl sites for hydroxylation is 1. The normalized spacial score (nSPS) is 20.4. The van der Waals surface area contributed by atoms with Crippen molar-refractivity contribution in [3.63, 3.8) is 0 Å². The van der Waals surface area contributed by atoms with Gasteiger partial charge in [0.2, 0.25) is 0 Å². The number of nitrogens with one attached hydrogen (secondary N) is 2. The van der Waals surface area contributed by atoms with Gasteiger partial charge in [-0.1, -0.05) is 19.9 Å². The van der Waals surface area contributed by atoms with Crippen molar-refractivity contribution < 1.29 is 9.53 Å². The standard InChI is InChI=1S/C26H30N4O3/c1-16(2)26(10-11-27-14-26)33-20-8-9-22-21(13-20)25(32)30(15-28-22)23-12-18(5-4-17(23)3)24(31)29-19-6-7-19/h4-5,8-9,12-13,15-16,19,27H,6-7,10-11,14H2,1-3H3,(H,29,31)/t26-/m1/s1. The molecule has 2 aromatic carbocycles. The average Bonchev–Trinajstić information content (AvgIpc) is 3.48. The number of nitrogens with zero attached hydrogens (tertiary/aromatic N) is 2. The lowest BCUT2D eigenvalue weighted by molar-refractivity contribution is 0.0421. The highest BCUT2D eigenvalue weighted by Crippen LogP contribution is 2.32. The number of ether oxygens (including phenoxy) is 1. The highest BCUT2D eigenvalue weighted by molar-refractivity contribution is 5.95. The van der Waals surface area contributed by atoms with E-state index < -0.39 is 0 Å². The van der Waals surface area contributed by atoms with Gasteiger partial charge >= 0.3 is 0 Å². The lowest BCUT2D eigenvalue weighted by Gasteiger charge is -2.33. The Labute approximate surface area is 193 Å². The average molecular weight is 447 g/mol. The van der Waals surface area contributed by atoms with Crippen molar-refractivity contribution in [3.8, 4) is 11.4 Å². The first-order chi connectivity index (χ1) is 15.9. The molecule has 0 bridgehead atoms. The van der Waals surface area contributed by atoms with Crippen molar-refractivity contribution in [2.45, 2.75) is 51.7 Å². The third-order valence-electron chi connectivity index (χ3n) is 6.90. The van der Waals surface area contributed by atoms with Crippen LogP contribution in [0.5, 0.6) is 5.75 Å². The third kappa shape index (κ3) is 4.13. The number of benzene rings is 2. The van der Waals surface area contributed by atoms with Crippen LogP contribution >= 0.6 is 0 Å². The van der Waals surface area contributed by atoms with Crippen molar-refractivity contribution >= 4 is 16.8 Å². The first-order valence-corrected chi connectivity index (χ1v) is 11.7. The van der Waals surface area contributed by atoms with Crippen molar-refractivity contribution in [1.29, 1.82) is 0 Å². The summed E-state index contributed by atoms with van der Waals surface area (Å²) >= 11 is 0. The molecule has 1 aliphatic heterocycles. The Morgan fingerprint density at radius 1 is 1.24 bits per heavy atom. The van der Waals surface area contributed by atoms with Crippen molar-refractivity contribution in [1.82, 2.24) is 20.2 Å². The molecule has 0 radical (unpaired) electrons. The summed E-state index contributed by atoms with van der Waals surface area (Å²) in [5.41, 5.74) is 2.24. The predicted octanol–water partition coefficient (Wildman–Crippen LogP) is 3.35. The van der Waals surface area contributed by atoms with Gasteiger partial charge in [-0.3, -0.25) is 14.2 Å². The topological polar surface area (TPSA) is 85.2 Å². The fraction of sp³-hybridized carbons (Fsp3) is 0.423. The fourth-order valence-corrected chi connectivity index (χ4v) is 4.46. The molecule has 3 aromatic rings. The molecule has 7 nitrogen and oxygen atoms in total. The van der Waals surface area contributed by atoms with Crippen LogP contribution in [0.1, 0.15) is 49.0 Å². The van der Waals surface area contributed by atoms with Crippen LogP contribution in [0, 0.1) is 12.8 Å². The summed E-state index contributed by atoms with van der Waals surface area (Å²) in [4.78, 5) is 30.6. The highest BCUT2D eigenvalue weighted by Gasteiger charge is 2.39. The molecule has 33 heavy (non-hydrogen) atoms. The van der Waals surface area contributed by atoms with E-state index in [2.05, 4.69) is 29.5 Å². The van der Waals surface area contributed by atoms with Gasteiger partial charge in [-0.15, -0.1) is 0 Å². The third-order valence-corrected chi connectivity index (χ3v) is 6.90. The molecule has 2 heterocycles. The molecule has 1 saturated carbocycles. The first-order valence-electron chi connectivity index (χ1n) is 11.7. The summed E-state index contributed by atoms with van der Waals surface area (Å²) < 4.78 is 7.98. The van der Waals surface area contributed by atoms with E-state index in [0.29, 0.717) is 33.8 Å². The van der Waals surface area contributed by atoms with E-state index >= 15 is 0 Å². The molecule has 2 fully saturated rings. The van der Waals surface area contributed by atoms with Crippen LogP contribution in [-0.4, -0.2) is 40.2 Å². The second-order valence-electron chi connectivity index (χ2n) is 9.60. The molecular weight excluding hydrogens is 416 g/mol. The molecule has 1 aromatic heterocycles. The number of amides is 1. The fourth-order valence-electron chi connectivity index (χ4n) is 4.46. The van der Waals surface area contributed by atoms with Gasteiger partial charge in [0.25, 0.3) is 11.5 Å². The molecule has 1 saturated heterocycles. The molecule has 2 aliphatic rings. The number of hydrogen-bond donors (Lipinski definition) is 2. The van der Waals surface area contributed by atoms with E-state index in [4.69, 9.17) is 4.74 Å². The predicted molar refractivity (Wildman–Crippen MR) is 128 cm³/mol. The van der Waals surface area contributed by atoms with Crippen LogP contribution in [0.3, 0.4) is 0 Å². The summed E-state index contributed by atoms with van der Waals surface area (Å²) in [5, 5.41) is 6.89. The molecule has 0 spiro atoms. The Kier molecular flexibility index (Phi) is 5.44. The number of hydrogen-bond acceptors (Lipinski definition) is 5. The summed E-state index contributed by atoms with van der Waals surface area (Å²) in [6.45, 7) is 7.96. The zero-order chi connectivity index (χ0) is 23.2. The van der Waals surface area contributed by atoms with Crippen LogP contribution in [0.15, 0.2) is 47.5 Å². The molecule has 2 N–H and O–H groups in total. The maximum absolute atomic E-state index is 13.5. The second-order valence-corrected chi connectivity index (χ2v) is 9.60. The summed E-state index contributed by atoms with van der Waals surface area (Å²) in [5.74, 6) is 0.896. The Morgan fingerprint density at radius 3 is 2.76 bits per heavy atom. The Hall–Kier alpha value is -3.19. The van der Waals surface area contributed by atoms with E-state index in [-0.39, 0.29) is 23.1 Å². The van der Waals surface area contributed by atoms with E-state index in [9.17, 15) is 9.59 Å². The summed E-state index contributed by atoms with van der Waals surface area (Å²) in [6.07, 6.45) is 4.51. The monoisotopic (exact) mass is 446 g/mol. The molecule has 7 heteroatoms. The van der Waals surface area contributed by atoms with Crippen molar-refractivity contribution in [2.75, 3.05) is 13.1 Å². The van der Waals surface area contributed by atoms with Gasteiger partial charge in [-0.05, 0) is 68.1 Å². The van der Waals surface area contributed by atoms with Crippen molar-refractivity contribution in [3.05, 3.63) is 64.2 Å². The molecule has 172 valence electrons. The largest absolute Gasteiger partial charge is 0.486 e. The molecule has 0 unspecified atom stereocenters. The molecule has 5 rings (SSSR count). The zero-order valence-corrected chi connectivity index (χ0v) is 19.4. The second kappa shape index (κ2) is 8.30. The van der Waals surface area contributed by atoms with Crippen molar-refractivity contribution in [2.24, 2.45) is 5.92 Å². The highest BCUT2D eigenvalue weighted by atomic mass is 16.5. The van der Waals surface area contributed by atoms with Crippen LogP contribution in [0.2, 0.25) is 0 Å². The minimum atomic E-state index is -0.283. The maximum atomic E-state index is 13.5. The number of fused-ring (bicyclic) bond motifs is 1. The Bertz CT molecular complexity index is 1270. The molecular formula is C26H30N4O3. The number of rotatable bonds is 6. The SMILES string of the molecule is Cc1ccc(C(=O)NC2CC2)cc1-n1cnc2ccc(O[C@]3(C(C)C)CCNC3)cc2c1=O. The van der Waals surface area contributed by atoms with E-state index in [1.54, 1.807) is 18.2 Å².